The van der Waals surface area contributed by atoms with Gasteiger partial charge in [-0.3, -0.25) is 9.52 Å². The maximum Gasteiger partial charge on any atom is 0.339 e. The molecule has 0 fully saturated rings. The minimum atomic E-state index is -4.01. The van der Waals surface area contributed by atoms with Crippen molar-refractivity contribution < 1.29 is 27.1 Å². The van der Waals surface area contributed by atoms with Gasteiger partial charge >= 0.3 is 5.97 Å². The van der Waals surface area contributed by atoms with Crippen molar-refractivity contribution in [3.05, 3.63) is 59.4 Å². The van der Waals surface area contributed by atoms with Gasteiger partial charge in [0.1, 0.15) is 5.82 Å². The zero-order valence-electron chi connectivity index (χ0n) is 15.9. The summed E-state index contributed by atoms with van der Waals surface area (Å²) in [5, 5.41) is 0. The third-order valence-electron chi connectivity index (χ3n) is 3.91. The van der Waals surface area contributed by atoms with Crippen molar-refractivity contribution in [2.45, 2.75) is 24.8 Å². The lowest BCUT2D eigenvalue weighted by Gasteiger charge is -2.18. The van der Waals surface area contributed by atoms with Crippen LogP contribution < -0.4 is 4.72 Å². The van der Waals surface area contributed by atoms with Crippen molar-refractivity contribution in [1.82, 2.24) is 4.90 Å². The smallest absolute Gasteiger partial charge is 0.339 e. The van der Waals surface area contributed by atoms with Crippen molar-refractivity contribution >= 4 is 27.6 Å². The monoisotopic (exact) mass is 408 g/mol. The molecule has 0 saturated heterocycles. The van der Waals surface area contributed by atoms with Crippen LogP contribution in [-0.4, -0.2) is 45.4 Å². The van der Waals surface area contributed by atoms with Crippen LogP contribution in [-0.2, 0) is 19.6 Å². The summed E-state index contributed by atoms with van der Waals surface area (Å²) in [5.41, 5.74) is 0.701. The third-order valence-corrected chi connectivity index (χ3v) is 5.29. The SMILES string of the molecule is Cc1ccc(S(=O)(=O)Nc2ccc(F)cc2)cc1C(=O)O[C@@H](C)C(=O)N(C)C. The van der Waals surface area contributed by atoms with Gasteiger partial charge in [0, 0.05) is 19.8 Å². The molecule has 0 spiro atoms. The van der Waals surface area contributed by atoms with E-state index in [0.717, 1.165) is 12.1 Å². The minimum absolute atomic E-state index is 0.0281. The molecule has 0 aliphatic heterocycles. The number of hydrogen-bond acceptors (Lipinski definition) is 5. The molecule has 2 rings (SSSR count). The number of esters is 1. The molecule has 1 atom stereocenters. The number of anilines is 1. The van der Waals surface area contributed by atoms with Crippen LogP contribution in [0.25, 0.3) is 0 Å². The Balaban J connectivity index is 2.27. The molecule has 0 aromatic heterocycles. The van der Waals surface area contributed by atoms with Crippen LogP contribution in [0.5, 0.6) is 0 Å². The highest BCUT2D eigenvalue weighted by atomic mass is 32.2. The first-order valence-electron chi connectivity index (χ1n) is 8.32. The van der Waals surface area contributed by atoms with Crippen LogP contribution >= 0.6 is 0 Å². The van der Waals surface area contributed by atoms with E-state index in [1.165, 1.54) is 56.3 Å². The highest BCUT2D eigenvalue weighted by Crippen LogP contribution is 2.20. The average Bonchev–Trinajstić information content (AvgIpc) is 2.62. The topological polar surface area (TPSA) is 92.8 Å². The molecule has 0 radical (unpaired) electrons. The normalized spacial score (nSPS) is 12.2. The Bertz CT molecular complexity index is 988. The average molecular weight is 408 g/mol. The number of nitrogens with one attached hydrogen (secondary N) is 1. The molecule has 0 unspecified atom stereocenters. The molecule has 0 aliphatic rings. The molecule has 7 nitrogen and oxygen atoms in total. The molecule has 0 aliphatic carbocycles. The fraction of sp³-hybridized carbons (Fsp3) is 0.263. The number of carbonyl (C=O) groups excluding carboxylic acids is 2. The molecular weight excluding hydrogens is 387 g/mol. The minimum Gasteiger partial charge on any atom is -0.449 e. The molecule has 0 bridgehead atoms. The molecule has 2 aromatic rings. The summed E-state index contributed by atoms with van der Waals surface area (Å²) in [4.78, 5) is 25.4. The summed E-state index contributed by atoms with van der Waals surface area (Å²) in [6.45, 7) is 3.06. The number of amides is 1. The molecule has 2 aromatic carbocycles. The maximum absolute atomic E-state index is 13.0. The Morgan fingerprint density at radius 1 is 1.11 bits per heavy atom. The van der Waals surface area contributed by atoms with Gasteiger partial charge in [-0.05, 0) is 55.8 Å². The van der Waals surface area contributed by atoms with Crippen LogP contribution in [0.15, 0.2) is 47.4 Å². The largest absolute Gasteiger partial charge is 0.449 e. The van der Waals surface area contributed by atoms with Crippen molar-refractivity contribution in [3.8, 4) is 0 Å². The number of carbonyl (C=O) groups is 2. The van der Waals surface area contributed by atoms with E-state index in [2.05, 4.69) is 4.72 Å². The van der Waals surface area contributed by atoms with E-state index in [1.54, 1.807) is 6.92 Å². The fourth-order valence-electron chi connectivity index (χ4n) is 2.36. The number of sulfonamides is 1. The van der Waals surface area contributed by atoms with Gasteiger partial charge in [0.2, 0.25) is 0 Å². The molecule has 1 N–H and O–H groups in total. The first-order valence-corrected chi connectivity index (χ1v) is 9.81. The number of aryl methyl sites for hydroxylation is 1. The molecule has 28 heavy (non-hydrogen) atoms. The van der Waals surface area contributed by atoms with Gasteiger partial charge < -0.3 is 9.64 Å². The van der Waals surface area contributed by atoms with Gasteiger partial charge in [-0.25, -0.2) is 17.6 Å². The number of nitrogens with zero attached hydrogens (tertiary/aromatic N) is 1. The van der Waals surface area contributed by atoms with Crippen molar-refractivity contribution in [2.24, 2.45) is 0 Å². The standard InChI is InChI=1S/C19H21FN2O5S/c1-12-5-10-16(28(25,26)21-15-8-6-14(20)7-9-15)11-17(12)19(24)27-13(2)18(23)22(3)4/h5-11,13,21H,1-4H3/t13-/m0/s1. The van der Waals surface area contributed by atoms with E-state index in [9.17, 15) is 22.4 Å². The lowest BCUT2D eigenvalue weighted by Crippen LogP contribution is -2.35. The molecule has 0 heterocycles. The van der Waals surface area contributed by atoms with Gasteiger partial charge in [-0.15, -0.1) is 0 Å². The van der Waals surface area contributed by atoms with E-state index >= 15 is 0 Å². The molecule has 1 amide bonds. The van der Waals surface area contributed by atoms with Crippen LogP contribution in [0.3, 0.4) is 0 Å². The van der Waals surface area contributed by atoms with Gasteiger partial charge in [-0.2, -0.15) is 0 Å². The fourth-order valence-corrected chi connectivity index (χ4v) is 3.44. The quantitative estimate of drug-likeness (QED) is 0.742. The summed E-state index contributed by atoms with van der Waals surface area (Å²) < 4.78 is 45.6. The Morgan fingerprint density at radius 3 is 2.29 bits per heavy atom. The predicted octanol–water partition coefficient (Wildman–Crippen LogP) is 2.57. The van der Waals surface area contributed by atoms with Gasteiger partial charge in [0.15, 0.2) is 6.10 Å². The third kappa shape index (κ3) is 5.07. The zero-order valence-corrected chi connectivity index (χ0v) is 16.7. The van der Waals surface area contributed by atoms with E-state index < -0.39 is 33.8 Å². The van der Waals surface area contributed by atoms with E-state index in [0.29, 0.717) is 5.56 Å². The summed E-state index contributed by atoms with van der Waals surface area (Å²) >= 11 is 0. The van der Waals surface area contributed by atoms with Crippen molar-refractivity contribution in [2.75, 3.05) is 18.8 Å². The number of benzene rings is 2. The second-order valence-electron chi connectivity index (χ2n) is 6.37. The number of hydrogen-bond donors (Lipinski definition) is 1. The van der Waals surface area contributed by atoms with Gasteiger partial charge in [0.05, 0.1) is 10.5 Å². The summed E-state index contributed by atoms with van der Waals surface area (Å²) in [6, 6.07) is 8.80. The van der Waals surface area contributed by atoms with E-state index in [4.69, 9.17) is 4.74 Å². The first-order chi connectivity index (χ1) is 13.0. The van der Waals surface area contributed by atoms with E-state index in [1.807, 2.05) is 0 Å². The number of halogens is 1. The zero-order chi connectivity index (χ0) is 21.1. The molecule has 0 saturated carbocycles. The van der Waals surface area contributed by atoms with Gasteiger partial charge in [0.25, 0.3) is 15.9 Å². The maximum atomic E-state index is 13.0. The van der Waals surface area contributed by atoms with Crippen LogP contribution in [0.4, 0.5) is 10.1 Å². The Morgan fingerprint density at radius 2 is 1.71 bits per heavy atom. The van der Waals surface area contributed by atoms with Crippen molar-refractivity contribution in [3.63, 3.8) is 0 Å². The number of rotatable bonds is 6. The first kappa shape index (κ1) is 21.4. The lowest BCUT2D eigenvalue weighted by atomic mass is 10.1. The summed E-state index contributed by atoms with van der Waals surface area (Å²) in [7, 11) is -0.945. The van der Waals surface area contributed by atoms with Crippen LogP contribution in [0, 0.1) is 12.7 Å². The number of likely N-dealkylation sites (N-methyl/N-ethyl adjacent to an activating group) is 1. The molecule has 9 heteroatoms. The number of ether oxygens (including phenoxy) is 1. The lowest BCUT2D eigenvalue weighted by molar-refractivity contribution is -0.137. The second-order valence-corrected chi connectivity index (χ2v) is 8.05. The Hall–Kier alpha value is -2.94. The van der Waals surface area contributed by atoms with Gasteiger partial charge in [-0.1, -0.05) is 6.07 Å². The van der Waals surface area contributed by atoms with Crippen LogP contribution in [0.1, 0.15) is 22.8 Å². The second kappa shape index (κ2) is 8.39. The summed E-state index contributed by atoms with van der Waals surface area (Å²) in [5.74, 6) is -1.70. The Labute approximate surface area is 163 Å². The Kier molecular flexibility index (Phi) is 6.40. The van der Waals surface area contributed by atoms with Crippen molar-refractivity contribution in [1.29, 1.82) is 0 Å². The summed E-state index contributed by atoms with van der Waals surface area (Å²) in [6.07, 6.45) is -1.01. The molecular formula is C19H21FN2O5S. The highest BCUT2D eigenvalue weighted by molar-refractivity contribution is 7.92. The molecule has 150 valence electrons. The highest BCUT2D eigenvalue weighted by Gasteiger charge is 2.23. The van der Waals surface area contributed by atoms with Crippen LogP contribution in [0.2, 0.25) is 0 Å². The van der Waals surface area contributed by atoms with E-state index in [-0.39, 0.29) is 16.1 Å². The predicted molar refractivity (Wildman–Crippen MR) is 102 cm³/mol.